The third-order valence-electron chi connectivity index (χ3n) is 4.16. The molecule has 2 aromatic heterocycles. The van der Waals surface area contributed by atoms with E-state index in [2.05, 4.69) is 34.4 Å². The molecule has 3 heterocycles. The van der Waals surface area contributed by atoms with Crippen molar-refractivity contribution in [2.24, 2.45) is 7.05 Å². The minimum atomic E-state index is 0.702. The van der Waals surface area contributed by atoms with E-state index in [0.717, 1.165) is 35.6 Å². The molecule has 7 heteroatoms. The van der Waals surface area contributed by atoms with Gasteiger partial charge in [0.25, 0.3) is 0 Å². The van der Waals surface area contributed by atoms with Gasteiger partial charge in [0, 0.05) is 25.8 Å². The van der Waals surface area contributed by atoms with Gasteiger partial charge in [0.1, 0.15) is 5.82 Å². The van der Waals surface area contributed by atoms with Crippen LogP contribution in [0.1, 0.15) is 5.56 Å². The van der Waals surface area contributed by atoms with Crippen molar-refractivity contribution in [3.8, 4) is 0 Å². The summed E-state index contributed by atoms with van der Waals surface area (Å²) in [6.45, 7) is 5.07. The number of nitrogens with zero attached hydrogens (tertiary/aromatic N) is 5. The smallest absolute Gasteiger partial charge is 0.229 e. The van der Waals surface area contributed by atoms with E-state index < -0.39 is 0 Å². The summed E-state index contributed by atoms with van der Waals surface area (Å²) in [6, 6.07) is 8.23. The number of anilines is 3. The van der Waals surface area contributed by atoms with E-state index in [1.165, 1.54) is 5.56 Å². The minimum Gasteiger partial charge on any atom is -0.378 e. The van der Waals surface area contributed by atoms with Crippen molar-refractivity contribution in [2.75, 3.05) is 36.5 Å². The van der Waals surface area contributed by atoms with Gasteiger partial charge in [-0.3, -0.25) is 4.68 Å². The van der Waals surface area contributed by atoms with Gasteiger partial charge in [-0.15, -0.1) is 0 Å². The monoisotopic (exact) mass is 324 g/mol. The normalized spacial score (nSPS) is 15.0. The van der Waals surface area contributed by atoms with Crippen molar-refractivity contribution in [1.29, 1.82) is 0 Å². The molecule has 1 fully saturated rings. The van der Waals surface area contributed by atoms with Crippen LogP contribution < -0.4 is 10.2 Å². The highest BCUT2D eigenvalue weighted by Gasteiger charge is 2.18. The average Bonchev–Trinajstić information content (AvgIpc) is 2.97. The van der Waals surface area contributed by atoms with Crippen LogP contribution in [0, 0.1) is 6.92 Å². The zero-order chi connectivity index (χ0) is 16.5. The van der Waals surface area contributed by atoms with Gasteiger partial charge in [0.05, 0.1) is 24.8 Å². The Morgan fingerprint density at radius 1 is 1.17 bits per heavy atom. The summed E-state index contributed by atoms with van der Waals surface area (Å²) in [5, 5.41) is 8.66. The highest BCUT2D eigenvalue weighted by atomic mass is 16.5. The molecule has 0 amide bonds. The number of ether oxygens (including phenoxy) is 1. The average molecular weight is 324 g/mol. The molecule has 1 aliphatic heterocycles. The first-order valence-electron chi connectivity index (χ1n) is 8.07. The van der Waals surface area contributed by atoms with Crippen LogP contribution in [0.25, 0.3) is 11.0 Å². The minimum absolute atomic E-state index is 0.702. The van der Waals surface area contributed by atoms with Crippen molar-refractivity contribution in [3.05, 3.63) is 36.0 Å². The summed E-state index contributed by atoms with van der Waals surface area (Å²) in [4.78, 5) is 11.6. The van der Waals surface area contributed by atoms with Crippen LogP contribution in [0.2, 0.25) is 0 Å². The van der Waals surface area contributed by atoms with Crippen LogP contribution in [-0.4, -0.2) is 46.1 Å². The molecule has 7 nitrogen and oxygen atoms in total. The van der Waals surface area contributed by atoms with Gasteiger partial charge in [0.15, 0.2) is 5.65 Å². The summed E-state index contributed by atoms with van der Waals surface area (Å²) in [7, 11) is 1.90. The molecule has 124 valence electrons. The summed E-state index contributed by atoms with van der Waals surface area (Å²) in [5.41, 5.74) is 3.03. The van der Waals surface area contributed by atoms with Crippen molar-refractivity contribution >= 4 is 28.5 Å². The maximum Gasteiger partial charge on any atom is 0.229 e. The highest BCUT2D eigenvalue weighted by Crippen LogP contribution is 2.26. The molecule has 0 unspecified atom stereocenters. The second-order valence-corrected chi connectivity index (χ2v) is 5.97. The quantitative estimate of drug-likeness (QED) is 0.797. The third-order valence-corrected chi connectivity index (χ3v) is 4.16. The fourth-order valence-corrected chi connectivity index (χ4v) is 2.87. The van der Waals surface area contributed by atoms with Gasteiger partial charge < -0.3 is 15.0 Å². The summed E-state index contributed by atoms with van der Waals surface area (Å²) >= 11 is 0. The second kappa shape index (κ2) is 6.09. The molecule has 1 aliphatic rings. The van der Waals surface area contributed by atoms with Crippen molar-refractivity contribution in [1.82, 2.24) is 19.7 Å². The van der Waals surface area contributed by atoms with Gasteiger partial charge in [-0.2, -0.15) is 15.1 Å². The van der Waals surface area contributed by atoms with Crippen molar-refractivity contribution in [2.45, 2.75) is 6.92 Å². The number of hydrogen-bond donors (Lipinski definition) is 1. The van der Waals surface area contributed by atoms with E-state index in [1.54, 1.807) is 10.9 Å². The molecule has 1 N–H and O–H groups in total. The standard InChI is InChI=1S/C17H20N6O/c1-12-4-3-5-13(10-12)19-15-14-11-18-22(2)16(14)21-17(20-15)23-6-8-24-9-7-23/h3-5,10-11H,6-9H2,1-2H3,(H,19,20,21). The summed E-state index contributed by atoms with van der Waals surface area (Å²) in [6.07, 6.45) is 1.80. The van der Waals surface area contributed by atoms with E-state index >= 15 is 0 Å². The fourth-order valence-electron chi connectivity index (χ4n) is 2.87. The lowest BCUT2D eigenvalue weighted by atomic mass is 10.2. The highest BCUT2D eigenvalue weighted by molar-refractivity contribution is 5.89. The molecule has 24 heavy (non-hydrogen) atoms. The summed E-state index contributed by atoms with van der Waals surface area (Å²) in [5.74, 6) is 1.49. The van der Waals surface area contributed by atoms with Crippen LogP contribution >= 0.6 is 0 Å². The van der Waals surface area contributed by atoms with Gasteiger partial charge in [-0.05, 0) is 24.6 Å². The van der Waals surface area contributed by atoms with Gasteiger partial charge in [0.2, 0.25) is 5.95 Å². The Hall–Kier alpha value is -2.67. The fraction of sp³-hybridized carbons (Fsp3) is 0.353. The maximum absolute atomic E-state index is 5.43. The molecule has 3 aromatic rings. The molecule has 0 aliphatic carbocycles. The lowest BCUT2D eigenvalue weighted by Crippen LogP contribution is -2.37. The van der Waals surface area contributed by atoms with E-state index in [-0.39, 0.29) is 0 Å². The predicted octanol–water partition coefficient (Wildman–Crippen LogP) is 2.25. The topological polar surface area (TPSA) is 68.1 Å². The molecule has 1 saturated heterocycles. The summed E-state index contributed by atoms with van der Waals surface area (Å²) < 4.78 is 7.21. The van der Waals surface area contributed by atoms with E-state index in [0.29, 0.717) is 19.2 Å². The van der Waals surface area contributed by atoms with Crippen LogP contribution in [0.3, 0.4) is 0 Å². The first-order chi connectivity index (χ1) is 11.7. The molecular weight excluding hydrogens is 304 g/mol. The zero-order valence-electron chi connectivity index (χ0n) is 13.9. The number of aryl methyl sites for hydroxylation is 2. The van der Waals surface area contributed by atoms with Crippen LogP contribution in [-0.2, 0) is 11.8 Å². The molecule has 1 aromatic carbocycles. The Labute approximate surface area is 140 Å². The van der Waals surface area contributed by atoms with E-state index in [1.807, 2.05) is 19.2 Å². The Bertz CT molecular complexity index is 869. The molecule has 0 spiro atoms. The second-order valence-electron chi connectivity index (χ2n) is 5.97. The number of benzene rings is 1. The van der Waals surface area contributed by atoms with Crippen LogP contribution in [0.5, 0.6) is 0 Å². The van der Waals surface area contributed by atoms with Gasteiger partial charge >= 0.3 is 0 Å². The van der Waals surface area contributed by atoms with Gasteiger partial charge in [-0.1, -0.05) is 12.1 Å². The van der Waals surface area contributed by atoms with E-state index in [4.69, 9.17) is 14.7 Å². The largest absolute Gasteiger partial charge is 0.378 e. The first-order valence-corrected chi connectivity index (χ1v) is 8.07. The zero-order valence-corrected chi connectivity index (χ0v) is 13.9. The Morgan fingerprint density at radius 3 is 2.79 bits per heavy atom. The Balaban J connectivity index is 1.77. The SMILES string of the molecule is Cc1cccc(Nc2nc(N3CCOCC3)nc3c2cnn3C)c1. The maximum atomic E-state index is 5.43. The molecule has 0 radical (unpaired) electrons. The van der Waals surface area contributed by atoms with Crippen molar-refractivity contribution < 1.29 is 4.74 Å². The lowest BCUT2D eigenvalue weighted by molar-refractivity contribution is 0.122. The molecule has 4 rings (SSSR count). The Kier molecular flexibility index (Phi) is 3.78. The molecule has 0 atom stereocenters. The Morgan fingerprint density at radius 2 is 2.00 bits per heavy atom. The number of hydrogen-bond acceptors (Lipinski definition) is 6. The lowest BCUT2D eigenvalue weighted by Gasteiger charge is -2.27. The first kappa shape index (κ1) is 14.9. The number of morpholine rings is 1. The van der Waals surface area contributed by atoms with Crippen LogP contribution in [0.15, 0.2) is 30.5 Å². The van der Waals surface area contributed by atoms with Crippen molar-refractivity contribution in [3.63, 3.8) is 0 Å². The van der Waals surface area contributed by atoms with Gasteiger partial charge in [-0.25, -0.2) is 0 Å². The number of fused-ring (bicyclic) bond motifs is 1. The number of rotatable bonds is 3. The molecule has 0 bridgehead atoms. The predicted molar refractivity (Wildman–Crippen MR) is 93.8 cm³/mol. The third kappa shape index (κ3) is 2.78. The molecule has 0 saturated carbocycles. The number of nitrogens with one attached hydrogen (secondary N) is 1. The molecular formula is C17H20N6O. The van der Waals surface area contributed by atoms with Crippen LogP contribution in [0.4, 0.5) is 17.5 Å². The van der Waals surface area contributed by atoms with E-state index in [9.17, 15) is 0 Å². The number of aromatic nitrogens is 4.